The van der Waals surface area contributed by atoms with E-state index in [2.05, 4.69) is 48.1 Å². The summed E-state index contributed by atoms with van der Waals surface area (Å²) in [5.41, 5.74) is 2.41. The van der Waals surface area contributed by atoms with E-state index < -0.39 is 0 Å². The molecule has 2 atom stereocenters. The molecule has 1 aromatic heterocycles. The molecule has 0 spiro atoms. The molecule has 1 aliphatic rings. The van der Waals surface area contributed by atoms with Gasteiger partial charge in [0.2, 0.25) is 0 Å². The first-order valence-electron chi connectivity index (χ1n) is 6.95. The minimum absolute atomic E-state index is 0.582. The van der Waals surface area contributed by atoms with Crippen molar-refractivity contribution in [3.05, 3.63) is 29.6 Å². The van der Waals surface area contributed by atoms with Crippen LogP contribution in [-0.2, 0) is 6.54 Å². The third kappa shape index (κ3) is 3.30. The SMILES string of the molecule is Cc1ccc(CN2CC(C)NCC2C(C)C)cn1. The van der Waals surface area contributed by atoms with E-state index in [1.54, 1.807) is 0 Å². The molecule has 3 nitrogen and oxygen atoms in total. The molecule has 0 radical (unpaired) electrons. The maximum atomic E-state index is 4.39. The van der Waals surface area contributed by atoms with Gasteiger partial charge in [0, 0.05) is 43.6 Å². The van der Waals surface area contributed by atoms with Crippen LogP contribution in [0, 0.1) is 12.8 Å². The lowest BCUT2D eigenvalue weighted by atomic mass is 9.98. The van der Waals surface area contributed by atoms with Crippen molar-refractivity contribution in [1.29, 1.82) is 0 Å². The monoisotopic (exact) mass is 247 g/mol. The topological polar surface area (TPSA) is 28.2 Å². The largest absolute Gasteiger partial charge is 0.311 e. The van der Waals surface area contributed by atoms with Crippen LogP contribution in [0.5, 0.6) is 0 Å². The number of aromatic nitrogens is 1. The molecule has 2 unspecified atom stereocenters. The van der Waals surface area contributed by atoms with E-state index in [1.165, 1.54) is 5.56 Å². The second-order valence-corrected chi connectivity index (χ2v) is 5.86. The summed E-state index contributed by atoms with van der Waals surface area (Å²) in [6, 6.07) is 5.51. The first-order chi connectivity index (χ1) is 8.56. The number of hydrogen-bond acceptors (Lipinski definition) is 3. The van der Waals surface area contributed by atoms with Gasteiger partial charge >= 0.3 is 0 Å². The molecule has 1 saturated heterocycles. The molecule has 18 heavy (non-hydrogen) atoms. The van der Waals surface area contributed by atoms with Crippen LogP contribution in [-0.4, -0.2) is 35.1 Å². The van der Waals surface area contributed by atoms with E-state index >= 15 is 0 Å². The first-order valence-corrected chi connectivity index (χ1v) is 6.95. The Labute approximate surface area is 111 Å². The van der Waals surface area contributed by atoms with Gasteiger partial charge < -0.3 is 5.32 Å². The van der Waals surface area contributed by atoms with E-state index in [4.69, 9.17) is 0 Å². The zero-order valence-corrected chi connectivity index (χ0v) is 12.0. The normalized spacial score (nSPS) is 25.6. The maximum Gasteiger partial charge on any atom is 0.0372 e. The molecular formula is C15H25N3. The summed E-state index contributed by atoms with van der Waals surface area (Å²) in [5, 5.41) is 3.58. The molecular weight excluding hydrogens is 222 g/mol. The minimum atomic E-state index is 0.582. The van der Waals surface area contributed by atoms with Crippen LogP contribution in [0.3, 0.4) is 0 Å². The highest BCUT2D eigenvalue weighted by Gasteiger charge is 2.27. The molecule has 2 rings (SSSR count). The Bertz CT molecular complexity index is 372. The summed E-state index contributed by atoms with van der Waals surface area (Å²) < 4.78 is 0. The van der Waals surface area contributed by atoms with Gasteiger partial charge in [0.1, 0.15) is 0 Å². The number of nitrogens with zero attached hydrogens (tertiary/aromatic N) is 2. The molecule has 1 N–H and O–H groups in total. The summed E-state index contributed by atoms with van der Waals surface area (Å²) in [7, 11) is 0. The standard InChI is InChI=1S/C15H25N3/c1-11(2)15-8-17-13(4)9-18(15)10-14-6-5-12(3)16-7-14/h5-7,11,13,15,17H,8-10H2,1-4H3. The highest BCUT2D eigenvalue weighted by Crippen LogP contribution is 2.18. The molecule has 1 aromatic rings. The summed E-state index contributed by atoms with van der Waals surface area (Å²) in [5.74, 6) is 0.684. The third-order valence-electron chi connectivity index (χ3n) is 3.78. The zero-order valence-electron chi connectivity index (χ0n) is 12.0. The molecule has 100 valence electrons. The second-order valence-electron chi connectivity index (χ2n) is 5.86. The van der Waals surface area contributed by atoms with Crippen LogP contribution >= 0.6 is 0 Å². The van der Waals surface area contributed by atoms with Gasteiger partial charge in [0.15, 0.2) is 0 Å². The number of aryl methyl sites for hydroxylation is 1. The van der Waals surface area contributed by atoms with Crippen LogP contribution in [0.15, 0.2) is 18.3 Å². The summed E-state index contributed by atoms with van der Waals surface area (Å²) in [4.78, 5) is 6.99. The number of nitrogens with one attached hydrogen (secondary N) is 1. The smallest absolute Gasteiger partial charge is 0.0372 e. The summed E-state index contributed by atoms with van der Waals surface area (Å²) in [6.45, 7) is 12.1. The molecule has 1 aliphatic heterocycles. The highest BCUT2D eigenvalue weighted by molar-refractivity contribution is 5.13. The van der Waals surface area contributed by atoms with E-state index in [1.807, 2.05) is 13.1 Å². The second kappa shape index (κ2) is 5.81. The molecule has 2 heterocycles. The van der Waals surface area contributed by atoms with Gasteiger partial charge in [0.05, 0.1) is 0 Å². The van der Waals surface area contributed by atoms with Gasteiger partial charge in [0.25, 0.3) is 0 Å². The summed E-state index contributed by atoms with van der Waals surface area (Å²) in [6.07, 6.45) is 2.01. The minimum Gasteiger partial charge on any atom is -0.311 e. The average Bonchev–Trinajstić information content (AvgIpc) is 2.32. The predicted octanol–water partition coefficient (Wildman–Crippen LogP) is 2.21. The Balaban J connectivity index is 2.06. The van der Waals surface area contributed by atoms with Crippen molar-refractivity contribution in [2.75, 3.05) is 13.1 Å². The maximum absolute atomic E-state index is 4.39. The van der Waals surface area contributed by atoms with Gasteiger partial charge in [-0.2, -0.15) is 0 Å². The Morgan fingerprint density at radius 1 is 1.44 bits per heavy atom. The third-order valence-corrected chi connectivity index (χ3v) is 3.78. The van der Waals surface area contributed by atoms with Gasteiger partial charge in [-0.1, -0.05) is 19.9 Å². The van der Waals surface area contributed by atoms with Crippen molar-refractivity contribution in [3.8, 4) is 0 Å². The van der Waals surface area contributed by atoms with E-state index in [0.29, 0.717) is 18.0 Å². The Morgan fingerprint density at radius 3 is 2.83 bits per heavy atom. The number of pyridine rings is 1. The molecule has 0 saturated carbocycles. The van der Waals surface area contributed by atoms with Crippen LogP contribution in [0.4, 0.5) is 0 Å². The number of piperazine rings is 1. The molecule has 1 fully saturated rings. The van der Waals surface area contributed by atoms with Gasteiger partial charge in [-0.3, -0.25) is 9.88 Å². The molecule has 0 aromatic carbocycles. The summed E-state index contributed by atoms with van der Waals surface area (Å²) >= 11 is 0. The quantitative estimate of drug-likeness (QED) is 0.887. The fourth-order valence-electron chi connectivity index (χ4n) is 2.67. The molecule has 0 aliphatic carbocycles. The van der Waals surface area contributed by atoms with Gasteiger partial charge in [-0.25, -0.2) is 0 Å². The number of rotatable bonds is 3. The molecule has 0 amide bonds. The lowest BCUT2D eigenvalue weighted by Crippen LogP contribution is -2.56. The van der Waals surface area contributed by atoms with Crippen molar-refractivity contribution in [2.24, 2.45) is 5.92 Å². The van der Waals surface area contributed by atoms with Gasteiger partial charge in [-0.15, -0.1) is 0 Å². The van der Waals surface area contributed by atoms with Crippen molar-refractivity contribution in [1.82, 2.24) is 15.2 Å². The van der Waals surface area contributed by atoms with E-state index in [9.17, 15) is 0 Å². The van der Waals surface area contributed by atoms with E-state index in [-0.39, 0.29) is 0 Å². The van der Waals surface area contributed by atoms with Crippen LogP contribution < -0.4 is 5.32 Å². The van der Waals surface area contributed by atoms with E-state index in [0.717, 1.165) is 25.3 Å². The van der Waals surface area contributed by atoms with Crippen molar-refractivity contribution in [2.45, 2.75) is 46.3 Å². The Morgan fingerprint density at radius 2 is 2.22 bits per heavy atom. The lowest BCUT2D eigenvalue weighted by Gasteiger charge is -2.41. The van der Waals surface area contributed by atoms with Crippen LogP contribution in [0.2, 0.25) is 0 Å². The molecule has 0 bridgehead atoms. The van der Waals surface area contributed by atoms with Gasteiger partial charge in [-0.05, 0) is 31.4 Å². The van der Waals surface area contributed by atoms with Crippen molar-refractivity contribution >= 4 is 0 Å². The van der Waals surface area contributed by atoms with Crippen LogP contribution in [0.25, 0.3) is 0 Å². The Hall–Kier alpha value is -0.930. The fraction of sp³-hybridized carbons (Fsp3) is 0.667. The predicted molar refractivity (Wildman–Crippen MR) is 75.5 cm³/mol. The fourth-order valence-corrected chi connectivity index (χ4v) is 2.67. The zero-order chi connectivity index (χ0) is 13.1. The van der Waals surface area contributed by atoms with Crippen molar-refractivity contribution < 1.29 is 0 Å². The first kappa shape index (κ1) is 13.5. The lowest BCUT2D eigenvalue weighted by molar-refractivity contribution is 0.0955. The van der Waals surface area contributed by atoms with Crippen molar-refractivity contribution in [3.63, 3.8) is 0 Å². The number of hydrogen-bond donors (Lipinski definition) is 1. The Kier molecular flexibility index (Phi) is 4.36. The molecule has 3 heteroatoms. The highest BCUT2D eigenvalue weighted by atomic mass is 15.2. The average molecular weight is 247 g/mol. The van der Waals surface area contributed by atoms with Crippen LogP contribution in [0.1, 0.15) is 32.0 Å².